The predicted octanol–water partition coefficient (Wildman–Crippen LogP) is 0.0236. The number of carbonyl (C=O) groups excluding carboxylic acids is 2. The molecule has 0 fully saturated rings. The zero-order valence-corrected chi connectivity index (χ0v) is 12.2. The minimum Gasteiger partial charge on any atom is -0.395 e. The number of aliphatic hydroxyl groups excluding tert-OH is 1. The van der Waals surface area contributed by atoms with Crippen molar-refractivity contribution in [3.63, 3.8) is 0 Å². The number of aromatic nitrogens is 1. The van der Waals surface area contributed by atoms with Crippen molar-refractivity contribution in [2.45, 2.75) is 13.3 Å². The third kappa shape index (κ3) is 5.63. The maximum Gasteiger partial charge on any atom is 0.255 e. The molecule has 0 radical (unpaired) electrons. The lowest BCUT2D eigenvalue weighted by Crippen LogP contribution is -2.38. The molecule has 0 saturated heterocycles. The van der Waals surface area contributed by atoms with Gasteiger partial charge in [-0.3, -0.25) is 14.6 Å². The third-order valence-corrected chi connectivity index (χ3v) is 2.56. The minimum absolute atomic E-state index is 0.00563. The maximum absolute atomic E-state index is 12.2. The summed E-state index contributed by atoms with van der Waals surface area (Å²) in [4.78, 5) is 28.9. The topological polar surface area (TPSA) is 82.5 Å². The fourth-order valence-corrected chi connectivity index (χ4v) is 1.61. The Hall–Kier alpha value is -2.39. The van der Waals surface area contributed by atoms with Gasteiger partial charge in [0.15, 0.2) is 0 Å². The SMILES string of the molecule is CCNC(=O)CN(C)C(=O)c1cncc(C#CCCO)c1. The lowest BCUT2D eigenvalue weighted by atomic mass is 10.2. The molecule has 1 aromatic rings. The lowest BCUT2D eigenvalue weighted by molar-refractivity contribution is -0.121. The second-order valence-electron chi connectivity index (χ2n) is 4.35. The summed E-state index contributed by atoms with van der Waals surface area (Å²) in [7, 11) is 1.56. The van der Waals surface area contributed by atoms with Crippen LogP contribution in [-0.2, 0) is 4.79 Å². The molecule has 0 aromatic carbocycles. The molecule has 6 heteroatoms. The van der Waals surface area contributed by atoms with Crippen LogP contribution >= 0.6 is 0 Å². The van der Waals surface area contributed by atoms with Crippen molar-refractivity contribution in [1.29, 1.82) is 0 Å². The normalized spacial score (nSPS) is 9.48. The highest BCUT2D eigenvalue weighted by atomic mass is 16.2. The smallest absolute Gasteiger partial charge is 0.255 e. The molecule has 112 valence electrons. The number of aliphatic hydroxyl groups is 1. The molecular weight excluding hydrogens is 270 g/mol. The Morgan fingerprint density at radius 3 is 2.86 bits per heavy atom. The zero-order valence-electron chi connectivity index (χ0n) is 12.2. The first kappa shape index (κ1) is 16.7. The number of rotatable bonds is 5. The Balaban J connectivity index is 2.76. The van der Waals surface area contributed by atoms with Crippen LogP contribution in [0.15, 0.2) is 18.5 Å². The van der Waals surface area contributed by atoms with Gasteiger partial charge in [0.1, 0.15) is 0 Å². The van der Waals surface area contributed by atoms with E-state index >= 15 is 0 Å². The summed E-state index contributed by atoms with van der Waals surface area (Å²) in [6, 6.07) is 1.62. The van der Waals surface area contributed by atoms with Crippen LogP contribution in [0.3, 0.4) is 0 Å². The molecule has 2 N–H and O–H groups in total. The van der Waals surface area contributed by atoms with Crippen molar-refractivity contribution in [2.24, 2.45) is 0 Å². The van der Waals surface area contributed by atoms with E-state index in [4.69, 9.17) is 5.11 Å². The number of amides is 2. The molecule has 0 unspecified atom stereocenters. The number of nitrogens with one attached hydrogen (secondary N) is 1. The van der Waals surface area contributed by atoms with Crippen LogP contribution in [0.25, 0.3) is 0 Å². The zero-order chi connectivity index (χ0) is 15.7. The van der Waals surface area contributed by atoms with E-state index in [0.29, 0.717) is 24.1 Å². The molecule has 21 heavy (non-hydrogen) atoms. The van der Waals surface area contributed by atoms with Crippen LogP contribution in [0.2, 0.25) is 0 Å². The summed E-state index contributed by atoms with van der Waals surface area (Å²) < 4.78 is 0. The summed E-state index contributed by atoms with van der Waals surface area (Å²) in [6.07, 6.45) is 3.36. The highest BCUT2D eigenvalue weighted by molar-refractivity contribution is 5.96. The largest absolute Gasteiger partial charge is 0.395 e. The Bertz CT molecular complexity index is 561. The number of carbonyl (C=O) groups is 2. The summed E-state index contributed by atoms with van der Waals surface area (Å²) in [5, 5.41) is 11.3. The Morgan fingerprint density at radius 2 is 2.19 bits per heavy atom. The van der Waals surface area contributed by atoms with Gasteiger partial charge >= 0.3 is 0 Å². The molecule has 1 heterocycles. The van der Waals surface area contributed by atoms with E-state index in [0.717, 1.165) is 0 Å². The molecule has 6 nitrogen and oxygen atoms in total. The van der Waals surface area contributed by atoms with Crippen LogP contribution in [0.1, 0.15) is 29.3 Å². The molecule has 0 bridgehead atoms. The van der Waals surface area contributed by atoms with Gasteiger partial charge in [-0.15, -0.1) is 0 Å². The monoisotopic (exact) mass is 289 g/mol. The minimum atomic E-state index is -0.292. The highest BCUT2D eigenvalue weighted by Gasteiger charge is 2.15. The second-order valence-corrected chi connectivity index (χ2v) is 4.35. The van der Waals surface area contributed by atoms with Gasteiger partial charge in [0.2, 0.25) is 5.91 Å². The first-order valence-electron chi connectivity index (χ1n) is 6.65. The third-order valence-electron chi connectivity index (χ3n) is 2.56. The van der Waals surface area contributed by atoms with Gasteiger partial charge in [0, 0.05) is 38.0 Å². The van der Waals surface area contributed by atoms with E-state index in [1.165, 1.54) is 11.1 Å². The number of nitrogens with zero attached hydrogens (tertiary/aromatic N) is 2. The van der Waals surface area contributed by atoms with Crippen molar-refractivity contribution in [3.8, 4) is 11.8 Å². The fraction of sp³-hybridized carbons (Fsp3) is 0.400. The van der Waals surface area contributed by atoms with Crippen LogP contribution in [0, 0.1) is 11.8 Å². The van der Waals surface area contributed by atoms with Gasteiger partial charge in [-0.1, -0.05) is 11.8 Å². The first-order chi connectivity index (χ1) is 10.1. The summed E-state index contributed by atoms with van der Waals surface area (Å²) in [6.45, 7) is 2.33. The maximum atomic E-state index is 12.2. The molecule has 0 aliphatic heterocycles. The van der Waals surface area contributed by atoms with E-state index < -0.39 is 0 Å². The molecule has 2 amide bonds. The Kier molecular flexibility index (Phi) is 6.92. The molecule has 0 aliphatic carbocycles. The first-order valence-corrected chi connectivity index (χ1v) is 6.65. The van der Waals surface area contributed by atoms with Crippen molar-refractivity contribution in [2.75, 3.05) is 26.7 Å². The Labute approximate surface area is 124 Å². The van der Waals surface area contributed by atoms with Crippen LogP contribution in [0.5, 0.6) is 0 Å². The quantitative estimate of drug-likeness (QED) is 0.749. The lowest BCUT2D eigenvalue weighted by Gasteiger charge is -2.16. The number of pyridine rings is 1. The van der Waals surface area contributed by atoms with Crippen LogP contribution in [0.4, 0.5) is 0 Å². The highest BCUT2D eigenvalue weighted by Crippen LogP contribution is 2.05. The van der Waals surface area contributed by atoms with E-state index in [9.17, 15) is 9.59 Å². The number of hydrogen-bond acceptors (Lipinski definition) is 4. The standard InChI is InChI=1S/C15H19N3O3/c1-3-17-14(20)11-18(2)15(21)13-8-12(9-16-10-13)6-4-5-7-19/h8-10,19H,3,5,7,11H2,1-2H3,(H,17,20). The van der Waals surface area contributed by atoms with E-state index in [-0.39, 0.29) is 25.0 Å². The molecule has 0 aliphatic rings. The van der Waals surface area contributed by atoms with Gasteiger partial charge in [-0.2, -0.15) is 0 Å². The van der Waals surface area contributed by atoms with Gasteiger partial charge in [0.05, 0.1) is 18.7 Å². The molecule has 1 aromatic heterocycles. The fourth-order valence-electron chi connectivity index (χ4n) is 1.61. The second kappa shape index (κ2) is 8.72. The summed E-state index contributed by atoms with van der Waals surface area (Å²) in [5.41, 5.74) is 0.971. The Morgan fingerprint density at radius 1 is 1.43 bits per heavy atom. The van der Waals surface area contributed by atoms with Crippen molar-refractivity contribution < 1.29 is 14.7 Å². The molecule has 0 atom stereocenters. The average Bonchev–Trinajstić information content (AvgIpc) is 2.47. The molecule has 0 saturated carbocycles. The van der Waals surface area contributed by atoms with Crippen LogP contribution < -0.4 is 5.32 Å². The van der Waals surface area contributed by atoms with Crippen molar-refractivity contribution in [3.05, 3.63) is 29.6 Å². The predicted molar refractivity (Wildman–Crippen MR) is 78.5 cm³/mol. The summed E-state index contributed by atoms with van der Waals surface area (Å²) >= 11 is 0. The molecule has 0 spiro atoms. The number of hydrogen-bond donors (Lipinski definition) is 2. The van der Waals surface area contributed by atoms with Crippen molar-refractivity contribution >= 4 is 11.8 Å². The van der Waals surface area contributed by atoms with Gasteiger partial charge < -0.3 is 15.3 Å². The van der Waals surface area contributed by atoms with Gasteiger partial charge in [-0.05, 0) is 13.0 Å². The van der Waals surface area contributed by atoms with E-state index in [2.05, 4.69) is 22.1 Å². The number of likely N-dealkylation sites (N-methyl/N-ethyl adjacent to an activating group) is 2. The van der Waals surface area contributed by atoms with E-state index in [1.54, 1.807) is 19.3 Å². The van der Waals surface area contributed by atoms with E-state index in [1.807, 2.05) is 6.92 Å². The molecule has 1 rings (SSSR count). The average molecular weight is 289 g/mol. The van der Waals surface area contributed by atoms with Gasteiger partial charge in [-0.25, -0.2) is 0 Å². The van der Waals surface area contributed by atoms with Crippen LogP contribution in [-0.4, -0.2) is 53.5 Å². The molecular formula is C15H19N3O3. The van der Waals surface area contributed by atoms with Crippen molar-refractivity contribution in [1.82, 2.24) is 15.2 Å². The summed E-state index contributed by atoms with van der Waals surface area (Å²) in [5.74, 6) is 5.08. The van der Waals surface area contributed by atoms with Gasteiger partial charge in [0.25, 0.3) is 5.91 Å².